The number of fused-ring (bicyclic) bond motifs is 1. The van der Waals surface area contributed by atoms with Gasteiger partial charge < -0.3 is 10.3 Å². The van der Waals surface area contributed by atoms with E-state index in [1.165, 1.54) is 6.07 Å². The fourth-order valence-electron chi connectivity index (χ4n) is 2.45. The topological polar surface area (TPSA) is 43.8 Å². The van der Waals surface area contributed by atoms with Crippen LogP contribution in [0.4, 0.5) is 13.2 Å². The van der Waals surface area contributed by atoms with Gasteiger partial charge in [-0.1, -0.05) is 12.1 Å². The van der Waals surface area contributed by atoms with Crippen LogP contribution < -0.4 is 5.73 Å². The molecule has 0 bridgehead atoms. The van der Waals surface area contributed by atoms with Gasteiger partial charge in [-0.3, -0.25) is 4.98 Å². The first-order chi connectivity index (χ1) is 10.4. The van der Waals surface area contributed by atoms with Crippen LogP contribution in [0.25, 0.3) is 22.3 Å². The van der Waals surface area contributed by atoms with Crippen molar-refractivity contribution >= 4 is 10.9 Å². The zero-order valence-corrected chi connectivity index (χ0v) is 11.9. The smallest absolute Gasteiger partial charge is 0.342 e. The molecule has 0 saturated carbocycles. The first-order valence-corrected chi connectivity index (χ1v) is 6.72. The van der Waals surface area contributed by atoms with Crippen LogP contribution in [0, 0.1) is 0 Å². The second kappa shape index (κ2) is 5.14. The molecule has 0 aliphatic rings. The minimum atomic E-state index is -4.35. The Bertz CT molecular complexity index is 817. The number of hydrogen-bond acceptors (Lipinski definition) is 2. The van der Waals surface area contributed by atoms with Crippen molar-refractivity contribution < 1.29 is 13.2 Å². The molecule has 3 rings (SSSR count). The molecule has 2 N–H and O–H groups in total. The number of halogens is 3. The monoisotopic (exact) mass is 305 g/mol. The fourth-order valence-corrected chi connectivity index (χ4v) is 2.45. The van der Waals surface area contributed by atoms with Crippen molar-refractivity contribution in [3.05, 3.63) is 53.7 Å². The van der Waals surface area contributed by atoms with Gasteiger partial charge in [0.25, 0.3) is 0 Å². The molecule has 0 saturated heterocycles. The number of nitrogens with two attached hydrogens (primary N) is 1. The van der Waals surface area contributed by atoms with Crippen LogP contribution in [0.5, 0.6) is 0 Å². The molecule has 2 aromatic heterocycles. The second-order valence-electron chi connectivity index (χ2n) is 5.12. The zero-order chi connectivity index (χ0) is 15.9. The van der Waals surface area contributed by atoms with Crippen molar-refractivity contribution in [2.75, 3.05) is 0 Å². The van der Waals surface area contributed by atoms with E-state index in [0.717, 1.165) is 28.8 Å². The molecule has 3 aromatic rings. The van der Waals surface area contributed by atoms with Crippen LogP contribution >= 0.6 is 0 Å². The number of aryl methyl sites for hydroxylation is 1. The summed E-state index contributed by atoms with van der Waals surface area (Å²) in [6.45, 7) is 0.400. The molecule has 0 amide bonds. The molecule has 2 heterocycles. The van der Waals surface area contributed by atoms with Gasteiger partial charge in [-0.05, 0) is 29.8 Å². The van der Waals surface area contributed by atoms with E-state index >= 15 is 0 Å². The van der Waals surface area contributed by atoms with Crippen LogP contribution in [0.15, 0.2) is 42.6 Å². The van der Waals surface area contributed by atoms with Crippen molar-refractivity contribution in [3.63, 3.8) is 0 Å². The first-order valence-electron chi connectivity index (χ1n) is 6.72. The van der Waals surface area contributed by atoms with E-state index in [1.54, 1.807) is 17.8 Å². The standard InChI is InChI=1S/C16H14F3N3/c1-22-14-7-12(16(17,18)19)4-3-11(14)6-15(22)13-5-2-10(8-20)9-21-13/h2-7,9H,8,20H2,1H3. The maximum atomic E-state index is 12.8. The van der Waals surface area contributed by atoms with Crippen LogP contribution in [0.1, 0.15) is 11.1 Å². The third-order valence-electron chi connectivity index (χ3n) is 3.70. The minimum absolute atomic E-state index is 0.400. The quantitative estimate of drug-likeness (QED) is 0.784. The van der Waals surface area contributed by atoms with E-state index in [2.05, 4.69) is 4.98 Å². The molecule has 0 radical (unpaired) electrons. The fraction of sp³-hybridized carbons (Fsp3) is 0.188. The highest BCUT2D eigenvalue weighted by molar-refractivity contribution is 5.87. The lowest BCUT2D eigenvalue weighted by Gasteiger charge is -2.08. The van der Waals surface area contributed by atoms with E-state index in [-0.39, 0.29) is 0 Å². The highest BCUT2D eigenvalue weighted by Gasteiger charge is 2.30. The Morgan fingerprint density at radius 1 is 1.14 bits per heavy atom. The summed E-state index contributed by atoms with van der Waals surface area (Å²) in [6.07, 6.45) is -2.67. The number of aromatic nitrogens is 2. The van der Waals surface area contributed by atoms with Gasteiger partial charge in [-0.2, -0.15) is 13.2 Å². The molecule has 22 heavy (non-hydrogen) atoms. The largest absolute Gasteiger partial charge is 0.416 e. The van der Waals surface area contributed by atoms with Gasteiger partial charge in [0.15, 0.2) is 0 Å². The Labute approximate surface area is 125 Å². The zero-order valence-electron chi connectivity index (χ0n) is 11.9. The maximum absolute atomic E-state index is 12.8. The molecule has 0 spiro atoms. The molecule has 0 unspecified atom stereocenters. The first kappa shape index (κ1) is 14.6. The van der Waals surface area contributed by atoms with Crippen LogP contribution in [-0.2, 0) is 19.8 Å². The maximum Gasteiger partial charge on any atom is 0.416 e. The van der Waals surface area contributed by atoms with E-state index in [9.17, 15) is 13.2 Å². The molecule has 0 aliphatic heterocycles. The molecule has 6 heteroatoms. The minimum Gasteiger partial charge on any atom is -0.342 e. The third kappa shape index (κ3) is 2.46. The van der Waals surface area contributed by atoms with Gasteiger partial charge >= 0.3 is 6.18 Å². The second-order valence-corrected chi connectivity index (χ2v) is 5.12. The Morgan fingerprint density at radius 2 is 1.91 bits per heavy atom. The van der Waals surface area contributed by atoms with Gasteiger partial charge in [-0.15, -0.1) is 0 Å². The molecule has 0 aliphatic carbocycles. The number of rotatable bonds is 2. The van der Waals surface area contributed by atoms with Gasteiger partial charge in [-0.25, -0.2) is 0 Å². The van der Waals surface area contributed by atoms with Crippen molar-refractivity contribution in [1.82, 2.24) is 9.55 Å². The normalized spacial score (nSPS) is 12.0. The highest BCUT2D eigenvalue weighted by Crippen LogP contribution is 2.33. The van der Waals surface area contributed by atoms with Crippen molar-refractivity contribution in [3.8, 4) is 11.4 Å². The molecular formula is C16H14F3N3. The molecule has 0 atom stereocenters. The van der Waals surface area contributed by atoms with E-state index < -0.39 is 11.7 Å². The summed E-state index contributed by atoms with van der Waals surface area (Å²) in [4.78, 5) is 4.32. The predicted molar refractivity (Wildman–Crippen MR) is 79.0 cm³/mol. The Morgan fingerprint density at radius 3 is 2.50 bits per heavy atom. The number of pyridine rings is 1. The van der Waals surface area contributed by atoms with Crippen molar-refractivity contribution in [2.45, 2.75) is 12.7 Å². The van der Waals surface area contributed by atoms with Crippen molar-refractivity contribution in [2.24, 2.45) is 12.8 Å². The van der Waals surface area contributed by atoms with Gasteiger partial charge in [0, 0.05) is 30.7 Å². The Hall–Kier alpha value is -2.34. The molecule has 3 nitrogen and oxygen atoms in total. The number of nitrogens with zero attached hydrogens (tertiary/aromatic N) is 2. The van der Waals surface area contributed by atoms with Crippen LogP contribution in [0.3, 0.4) is 0 Å². The van der Waals surface area contributed by atoms with Crippen LogP contribution in [-0.4, -0.2) is 9.55 Å². The number of alkyl halides is 3. The van der Waals surface area contributed by atoms with Gasteiger partial charge in [0.1, 0.15) is 0 Å². The Balaban J connectivity index is 2.13. The average molecular weight is 305 g/mol. The summed E-state index contributed by atoms with van der Waals surface area (Å²) in [5, 5.41) is 0.746. The average Bonchev–Trinajstić information content (AvgIpc) is 2.83. The number of benzene rings is 1. The Kier molecular flexibility index (Phi) is 3.41. The third-order valence-corrected chi connectivity index (χ3v) is 3.70. The molecular weight excluding hydrogens is 291 g/mol. The lowest BCUT2D eigenvalue weighted by molar-refractivity contribution is -0.137. The summed E-state index contributed by atoms with van der Waals surface area (Å²) < 4.78 is 40.2. The van der Waals surface area contributed by atoms with Gasteiger partial charge in [0.2, 0.25) is 0 Å². The summed E-state index contributed by atoms with van der Waals surface area (Å²) >= 11 is 0. The molecule has 114 valence electrons. The summed E-state index contributed by atoms with van der Waals surface area (Å²) in [7, 11) is 1.73. The lowest BCUT2D eigenvalue weighted by atomic mass is 10.1. The lowest BCUT2D eigenvalue weighted by Crippen LogP contribution is -2.04. The summed E-state index contributed by atoms with van der Waals surface area (Å²) in [5.74, 6) is 0. The van der Waals surface area contributed by atoms with E-state index in [1.807, 2.05) is 18.2 Å². The van der Waals surface area contributed by atoms with Crippen molar-refractivity contribution in [1.29, 1.82) is 0 Å². The van der Waals surface area contributed by atoms with E-state index in [0.29, 0.717) is 17.8 Å². The SMILES string of the molecule is Cn1c(-c2ccc(CN)cn2)cc2ccc(C(F)(F)F)cc21. The van der Waals surface area contributed by atoms with Crippen LogP contribution in [0.2, 0.25) is 0 Å². The predicted octanol–water partition coefficient (Wildman–Crippen LogP) is 3.72. The molecule has 0 fully saturated rings. The highest BCUT2D eigenvalue weighted by atomic mass is 19.4. The number of hydrogen-bond donors (Lipinski definition) is 1. The summed E-state index contributed by atoms with van der Waals surface area (Å²) in [6, 6.07) is 9.25. The summed E-state index contributed by atoms with van der Waals surface area (Å²) in [5.41, 5.74) is 7.77. The van der Waals surface area contributed by atoms with E-state index in [4.69, 9.17) is 5.73 Å². The molecule has 1 aromatic carbocycles. The van der Waals surface area contributed by atoms with Gasteiger partial charge in [0.05, 0.1) is 17.0 Å².